The zero-order valence-electron chi connectivity index (χ0n) is 21.0. The van der Waals surface area contributed by atoms with Crippen LogP contribution in [-0.2, 0) is 6.54 Å². The molecule has 4 N–H and O–H groups in total. The third-order valence-corrected chi connectivity index (χ3v) is 6.27. The number of furan rings is 1. The second-order valence-electron chi connectivity index (χ2n) is 8.92. The van der Waals surface area contributed by atoms with E-state index < -0.39 is 6.09 Å². The maximum Gasteiger partial charge on any atom is 0.404 e. The van der Waals surface area contributed by atoms with Crippen LogP contribution in [0.1, 0.15) is 16.1 Å². The third-order valence-electron chi connectivity index (χ3n) is 6.27. The van der Waals surface area contributed by atoms with Crippen LogP contribution in [0, 0.1) is 0 Å². The van der Waals surface area contributed by atoms with Crippen molar-refractivity contribution in [3.8, 4) is 11.3 Å². The molecule has 6 aromatic rings. The Kier molecular flexibility index (Phi) is 6.47. The van der Waals surface area contributed by atoms with Gasteiger partial charge in [-0.25, -0.2) is 14.8 Å². The first-order valence-electron chi connectivity index (χ1n) is 12.4. The van der Waals surface area contributed by atoms with E-state index in [0.29, 0.717) is 22.8 Å². The van der Waals surface area contributed by atoms with Crippen LogP contribution in [-0.4, -0.2) is 32.1 Å². The molecule has 10 heteroatoms. The van der Waals surface area contributed by atoms with Crippen LogP contribution in [0.25, 0.3) is 33.2 Å². The smallest absolute Gasteiger partial charge is 0.404 e. The van der Waals surface area contributed by atoms with Crippen molar-refractivity contribution in [2.24, 2.45) is 0 Å². The van der Waals surface area contributed by atoms with E-state index in [1.165, 1.54) is 12.5 Å². The Morgan fingerprint density at radius 1 is 0.825 bits per heavy atom. The maximum atomic E-state index is 12.6. The number of anilines is 3. The Balaban J connectivity index is 1.15. The van der Waals surface area contributed by atoms with E-state index in [4.69, 9.17) is 9.52 Å². The summed E-state index contributed by atoms with van der Waals surface area (Å²) < 4.78 is 6.15. The van der Waals surface area contributed by atoms with E-state index >= 15 is 0 Å². The number of benzene rings is 3. The van der Waals surface area contributed by atoms with Gasteiger partial charge in [0, 0.05) is 40.0 Å². The lowest BCUT2D eigenvalue weighted by atomic mass is 10.1. The predicted molar refractivity (Wildman–Crippen MR) is 152 cm³/mol. The number of amides is 2. The largest absolute Gasteiger partial charge is 0.465 e. The molecule has 0 aliphatic carbocycles. The number of para-hydroxylation sites is 2. The summed E-state index contributed by atoms with van der Waals surface area (Å²) in [6, 6.07) is 26.2. The first-order valence-corrected chi connectivity index (χ1v) is 12.4. The molecule has 196 valence electrons. The summed E-state index contributed by atoms with van der Waals surface area (Å²) >= 11 is 0. The van der Waals surface area contributed by atoms with Gasteiger partial charge < -0.3 is 25.5 Å². The van der Waals surface area contributed by atoms with Gasteiger partial charge in [0.25, 0.3) is 5.91 Å². The van der Waals surface area contributed by atoms with Gasteiger partial charge in [-0.2, -0.15) is 0 Å². The van der Waals surface area contributed by atoms with Gasteiger partial charge in [0.05, 0.1) is 23.5 Å². The monoisotopic (exact) mass is 530 g/mol. The average molecular weight is 531 g/mol. The fourth-order valence-corrected chi connectivity index (χ4v) is 4.34. The summed E-state index contributed by atoms with van der Waals surface area (Å²) in [7, 11) is 0. The van der Waals surface area contributed by atoms with E-state index in [2.05, 4.69) is 30.9 Å². The molecule has 3 aromatic carbocycles. The number of aromatic nitrogens is 3. The van der Waals surface area contributed by atoms with Gasteiger partial charge in [-0.15, -0.1) is 0 Å². The highest BCUT2D eigenvalue weighted by Crippen LogP contribution is 2.35. The molecule has 40 heavy (non-hydrogen) atoms. The highest BCUT2D eigenvalue weighted by molar-refractivity contribution is 6.09. The van der Waals surface area contributed by atoms with Crippen LogP contribution >= 0.6 is 0 Å². The minimum atomic E-state index is -1.14. The summed E-state index contributed by atoms with van der Waals surface area (Å²) in [6.45, 7) is 0.0646. The van der Waals surface area contributed by atoms with Crippen molar-refractivity contribution < 1.29 is 19.1 Å². The van der Waals surface area contributed by atoms with Gasteiger partial charge in [-0.05, 0) is 48.5 Å². The average Bonchev–Trinajstić information content (AvgIpc) is 3.36. The van der Waals surface area contributed by atoms with Gasteiger partial charge in [-0.3, -0.25) is 9.78 Å². The van der Waals surface area contributed by atoms with Crippen molar-refractivity contribution in [1.29, 1.82) is 0 Å². The first-order chi connectivity index (χ1) is 19.5. The summed E-state index contributed by atoms with van der Waals surface area (Å²) in [4.78, 5) is 36.1. The van der Waals surface area contributed by atoms with E-state index in [9.17, 15) is 9.59 Å². The standard InChI is InChI=1S/C30H22N6O4/c37-29(18-8-9-21(31-15-18)16-32-30(38)39)36-20-12-10-19(11-13-20)35-27-14-25(33-17-34-27)24-6-3-5-23-22-4-1-2-7-26(22)40-28(23)24/h1-15,17,32H,16H2,(H,36,37)(H,38,39)(H,33,34,35). The molecule has 0 aliphatic rings. The predicted octanol–water partition coefficient (Wildman–Crippen LogP) is 6.20. The van der Waals surface area contributed by atoms with Gasteiger partial charge >= 0.3 is 6.09 Å². The number of nitrogens with one attached hydrogen (secondary N) is 3. The number of carbonyl (C=O) groups excluding carboxylic acids is 1. The van der Waals surface area contributed by atoms with Gasteiger partial charge in [0.2, 0.25) is 0 Å². The van der Waals surface area contributed by atoms with Crippen LogP contribution in [0.5, 0.6) is 0 Å². The second-order valence-corrected chi connectivity index (χ2v) is 8.92. The molecule has 0 bridgehead atoms. The number of rotatable bonds is 7. The van der Waals surface area contributed by atoms with Gasteiger partial charge in [0.15, 0.2) is 0 Å². The van der Waals surface area contributed by atoms with Gasteiger partial charge in [-0.1, -0.05) is 30.3 Å². The number of carboxylic acid groups (broad SMARTS) is 1. The van der Waals surface area contributed by atoms with Crippen LogP contribution in [0.3, 0.4) is 0 Å². The van der Waals surface area contributed by atoms with Crippen molar-refractivity contribution >= 4 is 51.1 Å². The van der Waals surface area contributed by atoms with Gasteiger partial charge in [0.1, 0.15) is 23.3 Å². The van der Waals surface area contributed by atoms with Crippen LogP contribution < -0.4 is 16.0 Å². The molecule has 0 radical (unpaired) electrons. The lowest BCUT2D eigenvalue weighted by molar-refractivity contribution is 0.102. The molecule has 3 aromatic heterocycles. The van der Waals surface area contributed by atoms with Crippen molar-refractivity contribution in [2.75, 3.05) is 10.6 Å². The van der Waals surface area contributed by atoms with Crippen molar-refractivity contribution in [1.82, 2.24) is 20.3 Å². The number of hydrogen-bond donors (Lipinski definition) is 4. The molecule has 2 amide bonds. The molecule has 0 atom stereocenters. The minimum absolute atomic E-state index is 0.0646. The van der Waals surface area contributed by atoms with Crippen molar-refractivity contribution in [3.63, 3.8) is 0 Å². The first kappa shape index (κ1) is 24.6. The van der Waals surface area contributed by atoms with Crippen molar-refractivity contribution in [3.05, 3.63) is 109 Å². The molecular formula is C30H22N6O4. The van der Waals surface area contributed by atoms with E-state index in [1.54, 1.807) is 24.3 Å². The molecule has 0 aliphatic heterocycles. The SMILES string of the molecule is O=C(O)NCc1ccc(C(=O)Nc2ccc(Nc3cc(-c4cccc5c4oc4ccccc45)ncn3)cc2)cn1. The molecule has 0 saturated carbocycles. The highest BCUT2D eigenvalue weighted by atomic mass is 16.4. The lowest BCUT2D eigenvalue weighted by Gasteiger charge is -2.09. The molecule has 0 saturated heterocycles. The fourth-order valence-electron chi connectivity index (χ4n) is 4.34. The summed E-state index contributed by atoms with van der Waals surface area (Å²) in [6.07, 6.45) is 1.77. The van der Waals surface area contributed by atoms with E-state index in [1.807, 2.05) is 60.7 Å². The lowest BCUT2D eigenvalue weighted by Crippen LogP contribution is -2.20. The summed E-state index contributed by atoms with van der Waals surface area (Å²) in [5, 5.41) is 19.1. The number of hydrogen-bond acceptors (Lipinski definition) is 7. The molecule has 0 spiro atoms. The molecule has 0 fully saturated rings. The van der Waals surface area contributed by atoms with Crippen LogP contribution in [0.4, 0.5) is 22.0 Å². The van der Waals surface area contributed by atoms with Crippen LogP contribution in [0.15, 0.2) is 102 Å². The Labute approximate surface area is 227 Å². The zero-order valence-corrected chi connectivity index (χ0v) is 21.0. The summed E-state index contributed by atoms with van der Waals surface area (Å²) in [5.74, 6) is 0.282. The third kappa shape index (κ3) is 5.14. The fraction of sp³-hybridized carbons (Fsp3) is 0.0333. The quantitative estimate of drug-likeness (QED) is 0.191. The Bertz CT molecular complexity index is 1850. The Morgan fingerprint density at radius 3 is 2.42 bits per heavy atom. The number of carbonyl (C=O) groups is 2. The number of pyridine rings is 1. The zero-order chi connectivity index (χ0) is 27.5. The topological polar surface area (TPSA) is 142 Å². The number of fused-ring (bicyclic) bond motifs is 3. The molecule has 0 unspecified atom stereocenters. The molecule has 10 nitrogen and oxygen atoms in total. The maximum absolute atomic E-state index is 12.6. The molecular weight excluding hydrogens is 508 g/mol. The van der Waals surface area contributed by atoms with Crippen molar-refractivity contribution in [2.45, 2.75) is 6.54 Å². The van der Waals surface area contributed by atoms with E-state index in [0.717, 1.165) is 38.9 Å². The molecule has 3 heterocycles. The van der Waals surface area contributed by atoms with Crippen LogP contribution in [0.2, 0.25) is 0 Å². The minimum Gasteiger partial charge on any atom is -0.465 e. The molecule has 6 rings (SSSR count). The van der Waals surface area contributed by atoms with E-state index in [-0.39, 0.29) is 12.5 Å². The normalized spacial score (nSPS) is 10.9. The second kappa shape index (κ2) is 10.5. The Hall–Kier alpha value is -5.77. The highest BCUT2D eigenvalue weighted by Gasteiger charge is 2.13. The summed E-state index contributed by atoms with van der Waals surface area (Å²) in [5.41, 5.74) is 5.45. The Morgan fingerprint density at radius 2 is 1.62 bits per heavy atom. The number of nitrogens with zero attached hydrogens (tertiary/aromatic N) is 3.